The number of ether oxygens (including phenoxy) is 2. The first-order valence-corrected chi connectivity index (χ1v) is 26.9. The van der Waals surface area contributed by atoms with Crippen LogP contribution in [0.4, 0.5) is 0 Å². The molecule has 0 aromatic rings. The van der Waals surface area contributed by atoms with Crippen molar-refractivity contribution in [2.75, 3.05) is 72.6 Å². The fourth-order valence-corrected chi connectivity index (χ4v) is 8.94. The summed E-state index contributed by atoms with van der Waals surface area (Å²) in [6.45, 7) is 19.9. The Morgan fingerprint density at radius 1 is 0.417 bits per heavy atom. The van der Waals surface area contributed by atoms with Crippen molar-refractivity contribution in [3.63, 3.8) is 0 Å². The Labute approximate surface area is 375 Å². The van der Waals surface area contributed by atoms with E-state index in [1.165, 1.54) is 206 Å². The summed E-state index contributed by atoms with van der Waals surface area (Å²) in [5.41, 5.74) is 0. The van der Waals surface area contributed by atoms with Gasteiger partial charge in [0.15, 0.2) is 0 Å². The van der Waals surface area contributed by atoms with E-state index in [-0.39, 0.29) is 23.8 Å². The Balaban J connectivity index is 2.26. The number of likely N-dealkylation sites (N-methyl/N-ethyl adjacent to an activating group) is 1. The topological polar surface area (TPSA) is 62.3 Å². The standard InChI is InChI=1S/C53H105N3O4/c1-6-10-14-28-36-50(37-29-15-11-7-2)52(57)59-48-34-26-22-18-20-24-32-40-55(46-47-56-44-42-54(5)43-45-56)41-33-25-21-19-23-27-35-49-60-53(58)51(38-30-16-12-8-3)39-31-17-13-9-4/h50-51H,6-49H2,1-5H3. The summed E-state index contributed by atoms with van der Waals surface area (Å²) >= 11 is 0. The zero-order valence-corrected chi connectivity index (χ0v) is 41.2. The van der Waals surface area contributed by atoms with Gasteiger partial charge in [-0.05, 0) is 71.5 Å². The van der Waals surface area contributed by atoms with Gasteiger partial charge in [-0.1, -0.05) is 195 Å². The van der Waals surface area contributed by atoms with E-state index >= 15 is 0 Å². The number of unbranched alkanes of at least 4 members (excludes halogenated alkanes) is 24. The molecule has 0 aromatic carbocycles. The van der Waals surface area contributed by atoms with Gasteiger partial charge in [0.1, 0.15) is 0 Å². The summed E-state index contributed by atoms with van der Waals surface area (Å²) in [6.07, 6.45) is 41.1. The third-order valence-electron chi connectivity index (χ3n) is 13.3. The van der Waals surface area contributed by atoms with Gasteiger partial charge in [0.2, 0.25) is 0 Å². The highest BCUT2D eigenvalue weighted by atomic mass is 16.5. The van der Waals surface area contributed by atoms with Gasteiger partial charge in [0, 0.05) is 39.3 Å². The molecular formula is C53H105N3O4. The lowest BCUT2D eigenvalue weighted by atomic mass is 9.94. The summed E-state index contributed by atoms with van der Waals surface area (Å²) in [5, 5.41) is 0. The predicted octanol–water partition coefficient (Wildman–Crippen LogP) is 14.2. The molecule has 0 amide bonds. The van der Waals surface area contributed by atoms with Gasteiger partial charge >= 0.3 is 11.9 Å². The van der Waals surface area contributed by atoms with Crippen LogP contribution >= 0.6 is 0 Å². The SMILES string of the molecule is CCCCCCC(CCCCCC)C(=O)OCCCCCCCCCN(CCCCCCCCCOC(=O)C(CCCCCC)CCCCCC)CCN1CCN(C)CC1. The van der Waals surface area contributed by atoms with Crippen molar-refractivity contribution >= 4 is 11.9 Å². The Bertz CT molecular complexity index is 842. The second-order valence-electron chi connectivity index (χ2n) is 19.1. The highest BCUT2D eigenvalue weighted by molar-refractivity contribution is 5.72. The molecule has 1 heterocycles. The third-order valence-corrected chi connectivity index (χ3v) is 13.3. The Kier molecular flexibility index (Phi) is 40.8. The molecule has 0 aromatic heterocycles. The average molecular weight is 848 g/mol. The maximum atomic E-state index is 12.9. The van der Waals surface area contributed by atoms with Crippen LogP contribution in [0.2, 0.25) is 0 Å². The lowest BCUT2D eigenvalue weighted by Gasteiger charge is -2.34. The minimum Gasteiger partial charge on any atom is -0.465 e. The van der Waals surface area contributed by atoms with Gasteiger partial charge in [-0.2, -0.15) is 0 Å². The number of carbonyl (C=O) groups excluding carboxylic acids is 2. The molecule has 0 bridgehead atoms. The normalized spacial score (nSPS) is 13.9. The van der Waals surface area contributed by atoms with Gasteiger partial charge in [0.05, 0.1) is 25.0 Å². The molecule has 1 saturated heterocycles. The van der Waals surface area contributed by atoms with E-state index in [0.717, 1.165) is 64.2 Å². The van der Waals surface area contributed by atoms with Crippen LogP contribution in [0.3, 0.4) is 0 Å². The summed E-state index contributed by atoms with van der Waals surface area (Å²) in [7, 11) is 2.25. The Morgan fingerprint density at radius 2 is 0.733 bits per heavy atom. The van der Waals surface area contributed by atoms with Gasteiger partial charge < -0.3 is 19.3 Å². The van der Waals surface area contributed by atoms with Crippen LogP contribution in [-0.2, 0) is 19.1 Å². The van der Waals surface area contributed by atoms with Crippen molar-refractivity contribution in [2.24, 2.45) is 11.8 Å². The van der Waals surface area contributed by atoms with E-state index in [0.29, 0.717) is 13.2 Å². The van der Waals surface area contributed by atoms with E-state index in [1.54, 1.807) is 0 Å². The number of rotatable bonds is 45. The fourth-order valence-electron chi connectivity index (χ4n) is 8.94. The molecule has 1 aliphatic heterocycles. The quantitative estimate of drug-likeness (QED) is 0.0447. The van der Waals surface area contributed by atoms with Crippen LogP contribution in [0.5, 0.6) is 0 Å². The van der Waals surface area contributed by atoms with Crippen LogP contribution in [-0.4, -0.2) is 99.3 Å². The molecule has 7 nitrogen and oxygen atoms in total. The zero-order valence-electron chi connectivity index (χ0n) is 41.2. The molecule has 0 spiro atoms. The van der Waals surface area contributed by atoms with Gasteiger partial charge in [0.25, 0.3) is 0 Å². The van der Waals surface area contributed by atoms with Crippen molar-refractivity contribution in [1.29, 1.82) is 0 Å². The fraction of sp³-hybridized carbons (Fsp3) is 0.962. The maximum absolute atomic E-state index is 12.9. The van der Waals surface area contributed by atoms with E-state index < -0.39 is 0 Å². The molecule has 1 rings (SSSR count). The largest absolute Gasteiger partial charge is 0.465 e. The molecular weight excluding hydrogens is 743 g/mol. The highest BCUT2D eigenvalue weighted by Crippen LogP contribution is 2.22. The number of hydrogen-bond donors (Lipinski definition) is 0. The van der Waals surface area contributed by atoms with Crippen LogP contribution in [0.15, 0.2) is 0 Å². The second kappa shape index (κ2) is 43.1. The lowest BCUT2D eigenvalue weighted by molar-refractivity contribution is -0.150. The minimum absolute atomic E-state index is 0.0797. The number of nitrogens with zero attached hydrogens (tertiary/aromatic N) is 3. The highest BCUT2D eigenvalue weighted by Gasteiger charge is 2.21. The van der Waals surface area contributed by atoms with Crippen LogP contribution in [0, 0.1) is 11.8 Å². The first kappa shape index (κ1) is 56.8. The molecule has 7 heteroatoms. The summed E-state index contributed by atoms with van der Waals surface area (Å²) in [6, 6.07) is 0. The van der Waals surface area contributed by atoms with Crippen molar-refractivity contribution in [3.05, 3.63) is 0 Å². The smallest absolute Gasteiger partial charge is 0.308 e. The second-order valence-corrected chi connectivity index (χ2v) is 19.1. The lowest BCUT2D eigenvalue weighted by Crippen LogP contribution is -2.47. The molecule has 1 aliphatic rings. The predicted molar refractivity (Wildman–Crippen MR) is 259 cm³/mol. The monoisotopic (exact) mass is 848 g/mol. The number of hydrogen-bond acceptors (Lipinski definition) is 7. The van der Waals surface area contributed by atoms with E-state index in [2.05, 4.69) is 49.4 Å². The van der Waals surface area contributed by atoms with E-state index in [4.69, 9.17) is 9.47 Å². The number of esters is 2. The number of piperazine rings is 1. The Hall–Kier alpha value is -1.18. The zero-order chi connectivity index (χ0) is 43.6. The van der Waals surface area contributed by atoms with Crippen molar-refractivity contribution in [1.82, 2.24) is 14.7 Å². The van der Waals surface area contributed by atoms with E-state index in [9.17, 15) is 9.59 Å². The summed E-state index contributed by atoms with van der Waals surface area (Å²) in [5.74, 6) is 0.397. The molecule has 356 valence electrons. The minimum atomic E-state index is 0.0797. The maximum Gasteiger partial charge on any atom is 0.308 e. The Morgan fingerprint density at radius 3 is 1.08 bits per heavy atom. The van der Waals surface area contributed by atoms with Crippen molar-refractivity contribution in [2.45, 2.75) is 246 Å². The van der Waals surface area contributed by atoms with Crippen LogP contribution in [0.1, 0.15) is 246 Å². The molecule has 0 atom stereocenters. The number of carbonyl (C=O) groups is 2. The molecule has 0 unspecified atom stereocenters. The third kappa shape index (κ3) is 34.3. The van der Waals surface area contributed by atoms with Crippen LogP contribution in [0.25, 0.3) is 0 Å². The van der Waals surface area contributed by atoms with Crippen molar-refractivity contribution < 1.29 is 19.1 Å². The molecule has 1 fully saturated rings. The van der Waals surface area contributed by atoms with Crippen molar-refractivity contribution in [3.8, 4) is 0 Å². The molecule has 60 heavy (non-hydrogen) atoms. The molecule has 0 aliphatic carbocycles. The molecule has 0 radical (unpaired) electrons. The average Bonchev–Trinajstić information content (AvgIpc) is 3.25. The van der Waals surface area contributed by atoms with Gasteiger partial charge in [-0.25, -0.2) is 0 Å². The first-order chi connectivity index (χ1) is 29.4. The summed E-state index contributed by atoms with van der Waals surface area (Å²) in [4.78, 5) is 33.7. The van der Waals surface area contributed by atoms with Gasteiger partial charge in [-0.3, -0.25) is 14.5 Å². The first-order valence-electron chi connectivity index (χ1n) is 26.9. The molecule has 0 saturated carbocycles. The molecule has 0 N–H and O–H groups in total. The summed E-state index contributed by atoms with van der Waals surface area (Å²) < 4.78 is 11.6. The van der Waals surface area contributed by atoms with E-state index in [1.807, 2.05) is 0 Å². The van der Waals surface area contributed by atoms with Crippen LogP contribution < -0.4 is 0 Å². The van der Waals surface area contributed by atoms with Gasteiger partial charge in [-0.15, -0.1) is 0 Å².